The molecule has 0 spiro atoms. The highest BCUT2D eigenvalue weighted by Gasteiger charge is 2.16. The second kappa shape index (κ2) is 9.68. The molecule has 1 amide bonds. The minimum absolute atomic E-state index is 0.0469. The van der Waals surface area contributed by atoms with E-state index >= 15 is 0 Å². The number of hydrogen-bond acceptors (Lipinski definition) is 5. The van der Waals surface area contributed by atoms with Gasteiger partial charge in [-0.3, -0.25) is 14.2 Å². The Bertz CT molecular complexity index is 1400. The molecule has 6 nitrogen and oxygen atoms in total. The van der Waals surface area contributed by atoms with E-state index in [0.29, 0.717) is 32.5 Å². The Morgan fingerprint density at radius 1 is 1.09 bits per heavy atom. The van der Waals surface area contributed by atoms with Crippen LogP contribution in [0.5, 0.6) is 5.75 Å². The molecule has 0 saturated heterocycles. The number of benzene rings is 3. The summed E-state index contributed by atoms with van der Waals surface area (Å²) in [6.07, 6.45) is 0. The fraction of sp³-hybridized carbons (Fsp3) is 0.160. The van der Waals surface area contributed by atoms with E-state index in [1.807, 2.05) is 44.2 Å². The standard InChI is InChI=1S/C25H22ClN3O3S/c1-15-10-16(2)12-18(11-15)29-24(31)19-6-4-5-7-20(19)28-25(29)33-14-23(30)27-21-13-17(26)8-9-22(21)32-3/h4-13H,14H2,1-3H3,(H,27,30). The van der Waals surface area contributed by atoms with Gasteiger partial charge in [-0.15, -0.1) is 0 Å². The number of ether oxygens (including phenoxy) is 1. The van der Waals surface area contributed by atoms with Crippen molar-refractivity contribution in [2.24, 2.45) is 0 Å². The molecule has 4 aromatic rings. The fourth-order valence-corrected chi connectivity index (χ4v) is 4.60. The molecule has 0 saturated carbocycles. The summed E-state index contributed by atoms with van der Waals surface area (Å²) in [4.78, 5) is 30.8. The van der Waals surface area contributed by atoms with Gasteiger partial charge in [0.1, 0.15) is 5.75 Å². The first-order chi connectivity index (χ1) is 15.9. The topological polar surface area (TPSA) is 73.2 Å². The second-order valence-corrected chi connectivity index (χ2v) is 8.96. The van der Waals surface area contributed by atoms with Gasteiger partial charge >= 0.3 is 0 Å². The summed E-state index contributed by atoms with van der Waals surface area (Å²) < 4.78 is 6.86. The number of anilines is 1. The Hall–Kier alpha value is -3.29. The number of nitrogens with zero attached hydrogens (tertiary/aromatic N) is 2. The molecule has 0 aliphatic heterocycles. The molecule has 0 aliphatic rings. The minimum Gasteiger partial charge on any atom is -0.495 e. The van der Waals surface area contributed by atoms with Gasteiger partial charge < -0.3 is 10.1 Å². The molecule has 3 aromatic carbocycles. The Kier molecular flexibility index (Phi) is 6.72. The Labute approximate surface area is 200 Å². The molecule has 1 heterocycles. The summed E-state index contributed by atoms with van der Waals surface area (Å²) in [5.41, 5.74) is 3.68. The van der Waals surface area contributed by atoms with Crippen molar-refractivity contribution >= 4 is 45.9 Å². The van der Waals surface area contributed by atoms with Crippen LogP contribution in [0.2, 0.25) is 5.02 Å². The van der Waals surface area contributed by atoms with Crippen molar-refractivity contribution in [1.82, 2.24) is 9.55 Å². The van der Waals surface area contributed by atoms with E-state index in [-0.39, 0.29) is 17.2 Å². The smallest absolute Gasteiger partial charge is 0.266 e. The number of para-hydroxylation sites is 1. The van der Waals surface area contributed by atoms with Crippen LogP contribution in [-0.4, -0.2) is 28.3 Å². The third-order valence-corrected chi connectivity index (χ3v) is 6.15. The molecule has 1 aromatic heterocycles. The van der Waals surface area contributed by atoms with Crippen LogP contribution in [0, 0.1) is 13.8 Å². The first kappa shape index (κ1) is 22.9. The number of fused-ring (bicyclic) bond motifs is 1. The number of aryl methyl sites for hydroxylation is 2. The van der Waals surface area contributed by atoms with E-state index < -0.39 is 0 Å². The van der Waals surface area contributed by atoms with Gasteiger partial charge in [-0.05, 0) is 67.4 Å². The molecule has 0 radical (unpaired) electrons. The van der Waals surface area contributed by atoms with Gasteiger partial charge in [-0.2, -0.15) is 0 Å². The molecule has 0 fully saturated rings. The molecule has 33 heavy (non-hydrogen) atoms. The van der Waals surface area contributed by atoms with Crippen LogP contribution in [0.1, 0.15) is 11.1 Å². The van der Waals surface area contributed by atoms with Gasteiger partial charge in [0.25, 0.3) is 5.56 Å². The van der Waals surface area contributed by atoms with Gasteiger partial charge in [0.2, 0.25) is 5.91 Å². The molecule has 0 aliphatic carbocycles. The average molecular weight is 480 g/mol. The number of halogens is 1. The maximum atomic E-state index is 13.4. The van der Waals surface area contributed by atoms with E-state index in [1.54, 1.807) is 34.9 Å². The van der Waals surface area contributed by atoms with Crippen molar-refractivity contribution in [3.05, 3.63) is 87.2 Å². The molecule has 0 unspecified atom stereocenters. The van der Waals surface area contributed by atoms with E-state index in [9.17, 15) is 9.59 Å². The third kappa shape index (κ3) is 5.05. The summed E-state index contributed by atoms with van der Waals surface area (Å²) in [7, 11) is 1.52. The zero-order chi connectivity index (χ0) is 23.5. The molecule has 168 valence electrons. The van der Waals surface area contributed by atoms with Gasteiger partial charge in [0.15, 0.2) is 5.16 Å². The van der Waals surface area contributed by atoms with Crippen LogP contribution >= 0.6 is 23.4 Å². The number of methoxy groups -OCH3 is 1. The summed E-state index contributed by atoms with van der Waals surface area (Å²) in [6, 6.07) is 18.1. The fourth-order valence-electron chi connectivity index (χ4n) is 3.61. The normalized spacial score (nSPS) is 10.9. The number of carbonyl (C=O) groups is 1. The van der Waals surface area contributed by atoms with E-state index in [1.165, 1.54) is 18.9 Å². The highest BCUT2D eigenvalue weighted by atomic mass is 35.5. The van der Waals surface area contributed by atoms with Crippen LogP contribution < -0.4 is 15.6 Å². The zero-order valence-corrected chi connectivity index (χ0v) is 20.0. The monoisotopic (exact) mass is 479 g/mol. The lowest BCUT2D eigenvalue weighted by Crippen LogP contribution is -2.23. The number of hydrogen-bond donors (Lipinski definition) is 1. The number of carbonyl (C=O) groups excluding carboxylic acids is 1. The highest BCUT2D eigenvalue weighted by Crippen LogP contribution is 2.28. The lowest BCUT2D eigenvalue weighted by Gasteiger charge is -2.15. The second-order valence-electron chi connectivity index (χ2n) is 7.58. The van der Waals surface area contributed by atoms with Crippen LogP contribution in [0.4, 0.5) is 5.69 Å². The number of thioether (sulfide) groups is 1. The largest absolute Gasteiger partial charge is 0.495 e. The summed E-state index contributed by atoms with van der Waals surface area (Å²) in [6.45, 7) is 3.96. The Morgan fingerprint density at radius 3 is 2.55 bits per heavy atom. The number of rotatable bonds is 6. The Morgan fingerprint density at radius 2 is 1.82 bits per heavy atom. The maximum Gasteiger partial charge on any atom is 0.266 e. The minimum atomic E-state index is -0.269. The van der Waals surface area contributed by atoms with Crippen molar-refractivity contribution in [2.75, 3.05) is 18.2 Å². The molecule has 4 rings (SSSR count). The van der Waals surface area contributed by atoms with Crippen LogP contribution in [-0.2, 0) is 4.79 Å². The molecule has 8 heteroatoms. The predicted octanol–water partition coefficient (Wildman–Crippen LogP) is 5.40. The summed E-state index contributed by atoms with van der Waals surface area (Å²) in [5, 5.41) is 4.27. The van der Waals surface area contributed by atoms with Crippen LogP contribution in [0.15, 0.2) is 70.6 Å². The van der Waals surface area contributed by atoms with E-state index in [0.717, 1.165) is 16.8 Å². The van der Waals surface area contributed by atoms with Gasteiger partial charge in [0, 0.05) is 5.02 Å². The van der Waals surface area contributed by atoms with Crippen molar-refractivity contribution in [1.29, 1.82) is 0 Å². The summed E-state index contributed by atoms with van der Waals surface area (Å²) >= 11 is 7.25. The van der Waals surface area contributed by atoms with Gasteiger partial charge in [0.05, 0.1) is 35.1 Å². The number of nitrogens with one attached hydrogen (secondary N) is 1. The highest BCUT2D eigenvalue weighted by molar-refractivity contribution is 7.99. The van der Waals surface area contributed by atoms with E-state index in [2.05, 4.69) is 5.32 Å². The lowest BCUT2D eigenvalue weighted by atomic mass is 10.1. The third-order valence-electron chi connectivity index (χ3n) is 4.98. The molecule has 0 bridgehead atoms. The van der Waals surface area contributed by atoms with Gasteiger partial charge in [-0.1, -0.05) is 41.6 Å². The molecular formula is C25H22ClN3O3S. The van der Waals surface area contributed by atoms with Crippen molar-refractivity contribution in [3.8, 4) is 11.4 Å². The predicted molar refractivity (Wildman–Crippen MR) is 134 cm³/mol. The van der Waals surface area contributed by atoms with Crippen molar-refractivity contribution in [2.45, 2.75) is 19.0 Å². The van der Waals surface area contributed by atoms with Gasteiger partial charge in [-0.25, -0.2) is 4.98 Å². The average Bonchev–Trinajstić information content (AvgIpc) is 2.77. The Balaban J connectivity index is 1.69. The first-order valence-corrected chi connectivity index (χ1v) is 11.6. The number of amides is 1. The van der Waals surface area contributed by atoms with Crippen molar-refractivity contribution in [3.63, 3.8) is 0 Å². The molecule has 0 atom stereocenters. The molecule has 1 N–H and O–H groups in total. The maximum absolute atomic E-state index is 13.4. The summed E-state index contributed by atoms with van der Waals surface area (Å²) in [5.74, 6) is 0.286. The van der Waals surface area contributed by atoms with Crippen LogP contribution in [0.3, 0.4) is 0 Å². The zero-order valence-electron chi connectivity index (χ0n) is 18.4. The van der Waals surface area contributed by atoms with Crippen LogP contribution in [0.25, 0.3) is 16.6 Å². The SMILES string of the molecule is COc1ccc(Cl)cc1NC(=O)CSc1nc2ccccc2c(=O)n1-c1cc(C)cc(C)c1. The quantitative estimate of drug-likeness (QED) is 0.296. The first-order valence-electron chi connectivity index (χ1n) is 10.2. The van der Waals surface area contributed by atoms with Crippen molar-refractivity contribution < 1.29 is 9.53 Å². The molecular weight excluding hydrogens is 458 g/mol. The number of aromatic nitrogens is 2. The lowest BCUT2D eigenvalue weighted by molar-refractivity contribution is -0.113. The van der Waals surface area contributed by atoms with E-state index in [4.69, 9.17) is 21.3 Å².